The van der Waals surface area contributed by atoms with E-state index in [1.807, 2.05) is 24.4 Å². The lowest BCUT2D eigenvalue weighted by molar-refractivity contribution is -0.116. The van der Waals surface area contributed by atoms with Gasteiger partial charge >= 0.3 is 0 Å². The third kappa shape index (κ3) is 5.18. The van der Waals surface area contributed by atoms with Crippen molar-refractivity contribution in [2.45, 2.75) is 49.8 Å². The van der Waals surface area contributed by atoms with Crippen LogP contribution in [0, 0.1) is 0 Å². The summed E-state index contributed by atoms with van der Waals surface area (Å²) >= 11 is 3.66. The molecule has 6 rings (SSSR count). The molecule has 1 saturated carbocycles. The van der Waals surface area contributed by atoms with E-state index in [0.29, 0.717) is 39.7 Å². The fraction of sp³-hybridized carbons (Fsp3) is 0.226. The third-order valence-corrected chi connectivity index (χ3v) is 9.75. The Morgan fingerprint density at radius 1 is 1.05 bits per heavy atom. The fourth-order valence-corrected chi connectivity index (χ4v) is 7.06. The van der Waals surface area contributed by atoms with Crippen LogP contribution in [-0.4, -0.2) is 42.2 Å². The van der Waals surface area contributed by atoms with Crippen LogP contribution in [0.25, 0.3) is 22.3 Å². The lowest BCUT2D eigenvalue weighted by Gasteiger charge is -2.33. The number of fused-ring (bicyclic) bond motifs is 1. The van der Waals surface area contributed by atoms with E-state index in [4.69, 9.17) is 10.2 Å². The molecule has 2 heterocycles. The second kappa shape index (κ2) is 11.0. The van der Waals surface area contributed by atoms with Gasteiger partial charge in [-0.3, -0.25) is 9.59 Å². The molecule has 42 heavy (non-hydrogen) atoms. The standard InChI is InChI=1S/C31H29BrN4O5S/c1-2-27-35(20-13-14-20)18-25(30(33)37)36(27)17-19-12-15-26-24(16-19)28(32)29(41-26)22-10-6-7-11-23(22)31(38)34-42(39,40)21-8-4-3-5-9-21/h3-12,15-16,18,20,27H,2,13-14,17H2,1H3,(H2,33,37)(H,34,38). The highest BCUT2D eigenvalue weighted by Gasteiger charge is 2.40. The van der Waals surface area contributed by atoms with Crippen LogP contribution in [-0.2, 0) is 21.4 Å². The first kappa shape index (κ1) is 28.0. The number of primary amides is 1. The molecule has 2 amide bonds. The maximum Gasteiger partial charge on any atom is 0.266 e. The Kier molecular flexibility index (Phi) is 7.32. The molecule has 1 aliphatic carbocycles. The highest BCUT2D eigenvalue weighted by Crippen LogP contribution is 2.41. The number of sulfonamides is 1. The van der Waals surface area contributed by atoms with Gasteiger partial charge in [0.1, 0.15) is 23.2 Å². The molecule has 0 bridgehead atoms. The molecule has 1 atom stereocenters. The number of furan rings is 1. The first-order valence-corrected chi connectivity index (χ1v) is 15.9. The third-order valence-electron chi connectivity index (χ3n) is 7.61. The summed E-state index contributed by atoms with van der Waals surface area (Å²) in [7, 11) is -4.07. The molecule has 11 heteroatoms. The minimum absolute atomic E-state index is 0.00816. The van der Waals surface area contributed by atoms with Crippen LogP contribution in [0.3, 0.4) is 0 Å². The van der Waals surface area contributed by atoms with Crippen molar-refractivity contribution < 1.29 is 22.4 Å². The summed E-state index contributed by atoms with van der Waals surface area (Å²) < 4.78 is 34.6. The molecule has 1 aromatic heterocycles. The Labute approximate surface area is 252 Å². The number of nitrogens with two attached hydrogens (primary N) is 1. The van der Waals surface area contributed by atoms with Crippen molar-refractivity contribution in [1.29, 1.82) is 0 Å². The summed E-state index contributed by atoms with van der Waals surface area (Å²) in [6, 6.07) is 20.6. The van der Waals surface area contributed by atoms with Gasteiger partial charge in [0.2, 0.25) is 0 Å². The minimum atomic E-state index is -4.07. The zero-order valence-corrected chi connectivity index (χ0v) is 25.2. The van der Waals surface area contributed by atoms with Crippen LogP contribution in [0.2, 0.25) is 0 Å². The average Bonchev–Trinajstić information content (AvgIpc) is 3.69. The number of carbonyl (C=O) groups is 2. The maximum atomic E-state index is 13.2. The van der Waals surface area contributed by atoms with Gasteiger partial charge in [-0.05, 0) is 71.1 Å². The molecule has 1 fully saturated rings. The number of amides is 2. The van der Waals surface area contributed by atoms with Gasteiger partial charge in [0, 0.05) is 29.7 Å². The largest absolute Gasteiger partial charge is 0.455 e. The monoisotopic (exact) mass is 648 g/mol. The van der Waals surface area contributed by atoms with Gasteiger partial charge in [-0.15, -0.1) is 0 Å². The lowest BCUT2D eigenvalue weighted by Crippen LogP contribution is -2.41. The Bertz CT molecular complexity index is 1830. The van der Waals surface area contributed by atoms with Crippen molar-refractivity contribution in [2.75, 3.05) is 0 Å². The van der Waals surface area contributed by atoms with Crippen molar-refractivity contribution in [3.8, 4) is 11.3 Å². The van der Waals surface area contributed by atoms with Gasteiger partial charge < -0.3 is 20.0 Å². The molecule has 4 aromatic rings. The number of rotatable bonds is 9. The van der Waals surface area contributed by atoms with E-state index in [0.717, 1.165) is 30.2 Å². The summed E-state index contributed by atoms with van der Waals surface area (Å²) in [6.07, 6.45) is 5.02. The van der Waals surface area contributed by atoms with Crippen molar-refractivity contribution in [2.24, 2.45) is 5.73 Å². The molecule has 2 aliphatic rings. The van der Waals surface area contributed by atoms with Gasteiger partial charge in [-0.25, -0.2) is 13.1 Å². The number of nitrogens with zero attached hydrogens (tertiary/aromatic N) is 2. The first-order chi connectivity index (χ1) is 20.2. The van der Waals surface area contributed by atoms with Crippen LogP contribution < -0.4 is 10.5 Å². The predicted octanol–water partition coefficient (Wildman–Crippen LogP) is 5.32. The number of benzene rings is 3. The predicted molar refractivity (Wildman–Crippen MR) is 162 cm³/mol. The van der Waals surface area contributed by atoms with Gasteiger partial charge in [-0.1, -0.05) is 49.4 Å². The Hall–Kier alpha value is -4.09. The molecular weight excluding hydrogens is 620 g/mol. The zero-order valence-electron chi connectivity index (χ0n) is 22.8. The van der Waals surface area contributed by atoms with Gasteiger partial charge in [0.15, 0.2) is 0 Å². The summed E-state index contributed by atoms with van der Waals surface area (Å²) in [6.45, 7) is 2.58. The number of nitrogens with one attached hydrogen (secondary N) is 1. The molecule has 216 valence electrons. The van der Waals surface area contributed by atoms with E-state index < -0.39 is 21.8 Å². The summed E-state index contributed by atoms with van der Waals surface area (Å²) in [5, 5.41) is 0.783. The van der Waals surface area contributed by atoms with Crippen LogP contribution in [0.15, 0.2) is 98.5 Å². The summed E-state index contributed by atoms with van der Waals surface area (Å²) in [4.78, 5) is 29.9. The van der Waals surface area contributed by atoms with Crippen LogP contribution in [0.1, 0.15) is 42.1 Å². The number of hydrogen-bond acceptors (Lipinski definition) is 7. The smallest absolute Gasteiger partial charge is 0.266 e. The molecule has 0 saturated heterocycles. The minimum Gasteiger partial charge on any atom is -0.455 e. The van der Waals surface area contributed by atoms with Crippen LogP contribution >= 0.6 is 15.9 Å². The molecule has 9 nitrogen and oxygen atoms in total. The highest BCUT2D eigenvalue weighted by molar-refractivity contribution is 9.10. The Morgan fingerprint density at radius 3 is 2.45 bits per heavy atom. The second-order valence-corrected chi connectivity index (χ2v) is 12.9. The van der Waals surface area contributed by atoms with E-state index in [2.05, 4.69) is 37.4 Å². The van der Waals surface area contributed by atoms with E-state index >= 15 is 0 Å². The van der Waals surface area contributed by atoms with E-state index in [9.17, 15) is 18.0 Å². The van der Waals surface area contributed by atoms with Gasteiger partial charge in [-0.2, -0.15) is 0 Å². The zero-order chi connectivity index (χ0) is 29.6. The highest BCUT2D eigenvalue weighted by atomic mass is 79.9. The number of hydrogen-bond donors (Lipinski definition) is 2. The average molecular weight is 650 g/mol. The Balaban J connectivity index is 1.31. The quantitative estimate of drug-likeness (QED) is 0.251. The normalized spacial score (nSPS) is 17.0. The molecule has 1 unspecified atom stereocenters. The van der Waals surface area contributed by atoms with Crippen LogP contribution in [0.5, 0.6) is 0 Å². The summed E-state index contributed by atoms with van der Waals surface area (Å²) in [5.41, 5.74) is 8.40. The number of carbonyl (C=O) groups excluding carboxylic acids is 2. The first-order valence-electron chi connectivity index (χ1n) is 13.7. The van der Waals surface area contributed by atoms with Crippen LogP contribution in [0.4, 0.5) is 0 Å². The van der Waals surface area contributed by atoms with Gasteiger partial charge in [0.05, 0.1) is 14.9 Å². The van der Waals surface area contributed by atoms with Crippen molar-refractivity contribution >= 4 is 48.7 Å². The van der Waals surface area contributed by atoms with Crippen molar-refractivity contribution in [3.63, 3.8) is 0 Å². The molecule has 1 aliphatic heterocycles. The van der Waals surface area contributed by atoms with Gasteiger partial charge in [0.25, 0.3) is 21.8 Å². The van der Waals surface area contributed by atoms with Crippen molar-refractivity contribution in [1.82, 2.24) is 14.5 Å². The van der Waals surface area contributed by atoms with E-state index in [-0.39, 0.29) is 16.6 Å². The SMILES string of the molecule is CCC1N(Cc2ccc3oc(-c4ccccc4C(=O)NS(=O)(=O)c4ccccc4)c(Br)c3c2)C(C(N)=O)=CN1C1CC1. The molecule has 3 aromatic carbocycles. The Morgan fingerprint density at radius 2 is 1.76 bits per heavy atom. The molecule has 0 spiro atoms. The van der Waals surface area contributed by atoms with E-state index in [1.54, 1.807) is 42.5 Å². The topological polar surface area (TPSA) is 126 Å². The summed E-state index contributed by atoms with van der Waals surface area (Å²) in [5.74, 6) is -0.822. The molecule has 3 N–H and O–H groups in total. The molecule has 0 radical (unpaired) electrons. The molecular formula is C31H29BrN4O5S. The fourth-order valence-electron chi connectivity index (χ4n) is 5.47. The lowest BCUT2D eigenvalue weighted by atomic mass is 10.0. The maximum absolute atomic E-state index is 13.2. The second-order valence-electron chi connectivity index (χ2n) is 10.4. The van der Waals surface area contributed by atoms with E-state index in [1.165, 1.54) is 12.1 Å². The van der Waals surface area contributed by atoms with Crippen molar-refractivity contribution in [3.05, 3.63) is 100 Å². The number of halogens is 1.